The van der Waals surface area contributed by atoms with Crippen LogP contribution in [0.25, 0.3) is 0 Å². The molecule has 0 aliphatic rings. The molecule has 4 heteroatoms. The van der Waals surface area contributed by atoms with Crippen molar-refractivity contribution >= 4 is 6.01 Å². The monoisotopic (exact) mass is 197 g/mol. The maximum Gasteiger partial charge on any atom is 0.297 e. The second kappa shape index (κ2) is 5.00. The molecule has 1 aromatic heterocycles. The zero-order valence-electron chi connectivity index (χ0n) is 9.16. The van der Waals surface area contributed by atoms with Gasteiger partial charge in [-0.05, 0) is 5.92 Å². The van der Waals surface area contributed by atoms with Crippen LogP contribution >= 0.6 is 0 Å². The van der Waals surface area contributed by atoms with E-state index in [1.165, 1.54) is 0 Å². The maximum absolute atomic E-state index is 5.45. The van der Waals surface area contributed by atoms with E-state index in [9.17, 15) is 0 Å². The van der Waals surface area contributed by atoms with Gasteiger partial charge in [0.2, 0.25) is 0 Å². The average molecular weight is 197 g/mol. The number of anilines is 1. The normalized spacial score (nSPS) is 12.9. The highest BCUT2D eigenvalue weighted by atomic mass is 16.4. The van der Waals surface area contributed by atoms with Crippen molar-refractivity contribution in [2.24, 2.45) is 11.7 Å². The van der Waals surface area contributed by atoms with Gasteiger partial charge in [-0.2, -0.15) is 4.98 Å². The molecule has 4 nitrogen and oxygen atoms in total. The van der Waals surface area contributed by atoms with Gasteiger partial charge in [-0.1, -0.05) is 20.3 Å². The van der Waals surface area contributed by atoms with Crippen LogP contribution in [0.2, 0.25) is 0 Å². The smallest absolute Gasteiger partial charge is 0.297 e. The molecule has 0 bridgehead atoms. The Balaban J connectivity index is 2.55. The van der Waals surface area contributed by atoms with E-state index in [1.54, 1.807) is 6.26 Å². The number of hydrogen-bond acceptors (Lipinski definition) is 4. The Bertz CT molecular complexity index is 272. The number of rotatable bonds is 5. The molecule has 0 fully saturated rings. The van der Waals surface area contributed by atoms with Crippen LogP contribution in [0.3, 0.4) is 0 Å². The first kappa shape index (κ1) is 11.0. The van der Waals surface area contributed by atoms with Crippen molar-refractivity contribution in [1.82, 2.24) is 4.98 Å². The maximum atomic E-state index is 5.45. The van der Waals surface area contributed by atoms with Crippen LogP contribution in [-0.2, 0) is 6.54 Å². The molecule has 1 atom stereocenters. The molecule has 0 aromatic carbocycles. The Morgan fingerprint density at radius 3 is 2.86 bits per heavy atom. The lowest BCUT2D eigenvalue weighted by atomic mass is 10.1. The van der Waals surface area contributed by atoms with E-state index >= 15 is 0 Å². The van der Waals surface area contributed by atoms with Crippen molar-refractivity contribution in [3.05, 3.63) is 12.0 Å². The van der Waals surface area contributed by atoms with Crippen LogP contribution in [0.15, 0.2) is 10.7 Å². The highest BCUT2D eigenvalue weighted by molar-refractivity contribution is 5.25. The lowest BCUT2D eigenvalue weighted by molar-refractivity contribution is 0.502. The fourth-order valence-electron chi connectivity index (χ4n) is 1.24. The summed E-state index contributed by atoms with van der Waals surface area (Å²) in [4.78, 5) is 6.27. The molecule has 0 amide bonds. The lowest BCUT2D eigenvalue weighted by Crippen LogP contribution is -2.23. The van der Waals surface area contributed by atoms with Gasteiger partial charge >= 0.3 is 0 Å². The summed E-state index contributed by atoms with van der Waals surface area (Å²) in [6.07, 6.45) is 2.78. The highest BCUT2D eigenvalue weighted by Gasteiger charge is 2.10. The van der Waals surface area contributed by atoms with Crippen molar-refractivity contribution in [3.63, 3.8) is 0 Å². The Morgan fingerprint density at radius 2 is 2.36 bits per heavy atom. The molecule has 0 aliphatic heterocycles. The molecule has 0 saturated carbocycles. The van der Waals surface area contributed by atoms with Gasteiger partial charge in [0.25, 0.3) is 6.01 Å². The minimum absolute atomic E-state index is 0.431. The Morgan fingerprint density at radius 1 is 1.64 bits per heavy atom. The van der Waals surface area contributed by atoms with E-state index in [-0.39, 0.29) is 0 Å². The largest absolute Gasteiger partial charge is 0.432 e. The lowest BCUT2D eigenvalue weighted by Gasteiger charge is -2.18. The fraction of sp³-hybridized carbons (Fsp3) is 0.700. The average Bonchev–Trinajstić information content (AvgIpc) is 2.65. The highest BCUT2D eigenvalue weighted by Crippen LogP contribution is 2.14. The number of hydrogen-bond donors (Lipinski definition) is 1. The van der Waals surface area contributed by atoms with Crippen molar-refractivity contribution in [1.29, 1.82) is 0 Å². The van der Waals surface area contributed by atoms with Gasteiger partial charge in [0.15, 0.2) is 0 Å². The summed E-state index contributed by atoms with van der Waals surface area (Å²) in [6, 6.07) is 0.658. The van der Waals surface area contributed by atoms with Gasteiger partial charge in [0.05, 0.1) is 5.69 Å². The zero-order chi connectivity index (χ0) is 10.6. The topological polar surface area (TPSA) is 55.3 Å². The van der Waals surface area contributed by atoms with E-state index in [4.69, 9.17) is 10.2 Å². The molecule has 80 valence electrons. The van der Waals surface area contributed by atoms with Gasteiger partial charge < -0.3 is 15.1 Å². The molecule has 0 aliphatic carbocycles. The Kier molecular flexibility index (Phi) is 3.95. The molecule has 1 heterocycles. The second-order valence-electron chi connectivity index (χ2n) is 3.72. The molecule has 0 saturated heterocycles. The van der Waals surface area contributed by atoms with Crippen molar-refractivity contribution in [2.75, 3.05) is 18.5 Å². The van der Waals surface area contributed by atoms with Crippen LogP contribution in [0.1, 0.15) is 26.0 Å². The minimum Gasteiger partial charge on any atom is -0.432 e. The second-order valence-corrected chi connectivity index (χ2v) is 3.72. The predicted molar refractivity (Wildman–Crippen MR) is 57.1 cm³/mol. The quantitative estimate of drug-likeness (QED) is 0.779. The molecule has 2 N–H and O–H groups in total. The summed E-state index contributed by atoms with van der Waals surface area (Å²) in [7, 11) is 1.98. The van der Waals surface area contributed by atoms with Crippen LogP contribution in [0.4, 0.5) is 6.01 Å². The minimum atomic E-state index is 0.431. The van der Waals surface area contributed by atoms with Gasteiger partial charge in [0, 0.05) is 20.1 Å². The number of nitrogens with two attached hydrogens (primary N) is 1. The predicted octanol–water partition coefficient (Wildman–Crippen LogP) is 1.62. The van der Waals surface area contributed by atoms with Gasteiger partial charge in [-0.25, -0.2) is 0 Å². The zero-order valence-corrected chi connectivity index (χ0v) is 9.16. The van der Waals surface area contributed by atoms with Crippen molar-refractivity contribution < 1.29 is 4.42 Å². The molecular weight excluding hydrogens is 178 g/mol. The summed E-state index contributed by atoms with van der Waals surface area (Å²) >= 11 is 0. The third-order valence-electron chi connectivity index (χ3n) is 2.36. The molecule has 14 heavy (non-hydrogen) atoms. The number of nitrogens with zero attached hydrogens (tertiary/aromatic N) is 2. The third-order valence-corrected chi connectivity index (χ3v) is 2.36. The number of oxazole rings is 1. The van der Waals surface area contributed by atoms with Crippen LogP contribution in [0, 0.1) is 5.92 Å². The van der Waals surface area contributed by atoms with Gasteiger partial charge in [-0.3, -0.25) is 0 Å². The Labute approximate surface area is 85.1 Å². The first-order chi connectivity index (χ1) is 6.67. The third kappa shape index (κ3) is 2.73. The first-order valence-corrected chi connectivity index (χ1v) is 5.03. The van der Waals surface area contributed by atoms with Crippen molar-refractivity contribution in [3.8, 4) is 0 Å². The summed E-state index contributed by atoms with van der Waals surface area (Å²) in [6.45, 7) is 5.78. The summed E-state index contributed by atoms with van der Waals surface area (Å²) < 4.78 is 5.30. The molecule has 1 aromatic rings. The van der Waals surface area contributed by atoms with E-state index < -0.39 is 0 Å². The molecular formula is C10H19N3O. The Hall–Kier alpha value is -1.03. The molecule has 0 radical (unpaired) electrons. The standard InChI is InChI=1S/C10H19N3O/c1-4-8(2)6-13(3)10-12-9(5-11)7-14-10/h7-8H,4-6,11H2,1-3H3. The molecule has 1 rings (SSSR count). The fourth-order valence-corrected chi connectivity index (χ4v) is 1.24. The van der Waals surface area contributed by atoms with Crippen LogP contribution in [0.5, 0.6) is 0 Å². The SMILES string of the molecule is CCC(C)CN(C)c1nc(CN)co1. The number of aromatic nitrogens is 1. The van der Waals surface area contributed by atoms with Gasteiger partial charge in [-0.15, -0.1) is 0 Å². The first-order valence-electron chi connectivity index (χ1n) is 5.03. The van der Waals surface area contributed by atoms with Crippen LogP contribution in [-0.4, -0.2) is 18.6 Å². The molecule has 0 spiro atoms. The van der Waals surface area contributed by atoms with E-state index in [1.807, 2.05) is 11.9 Å². The van der Waals surface area contributed by atoms with E-state index in [2.05, 4.69) is 18.8 Å². The van der Waals surface area contributed by atoms with Crippen molar-refractivity contribution in [2.45, 2.75) is 26.8 Å². The van der Waals surface area contributed by atoms with Gasteiger partial charge in [0.1, 0.15) is 6.26 Å². The molecule has 1 unspecified atom stereocenters. The summed E-state index contributed by atoms with van der Waals surface area (Å²) in [5.74, 6) is 0.647. The summed E-state index contributed by atoms with van der Waals surface area (Å²) in [5.41, 5.74) is 6.25. The van der Waals surface area contributed by atoms with E-state index in [0.717, 1.165) is 18.7 Å². The van der Waals surface area contributed by atoms with E-state index in [0.29, 0.717) is 18.5 Å². The summed E-state index contributed by atoms with van der Waals surface area (Å²) in [5, 5.41) is 0. The van der Waals surface area contributed by atoms with Crippen LogP contribution < -0.4 is 10.6 Å².